The molecular formula is C17H21NS. The van der Waals surface area contributed by atoms with Gasteiger partial charge in [-0.1, -0.05) is 49.4 Å². The molecule has 0 amide bonds. The Hall–Kier alpha value is -1.25. The number of rotatable bonds is 6. The molecule has 0 bridgehead atoms. The molecule has 0 aliphatic heterocycles. The molecule has 0 fully saturated rings. The van der Waals surface area contributed by atoms with E-state index in [4.69, 9.17) is 0 Å². The summed E-state index contributed by atoms with van der Waals surface area (Å²) in [6.45, 7) is 6.36. The van der Waals surface area contributed by atoms with Crippen LogP contribution in [0.2, 0.25) is 0 Å². The Kier molecular flexibility index (Phi) is 5.49. The van der Waals surface area contributed by atoms with Crippen molar-refractivity contribution in [2.75, 3.05) is 6.54 Å². The topological polar surface area (TPSA) is 12.0 Å². The summed E-state index contributed by atoms with van der Waals surface area (Å²) in [5, 5.41) is 3.83. The largest absolute Gasteiger partial charge is 0.313 e. The Morgan fingerprint density at radius 2 is 1.68 bits per heavy atom. The van der Waals surface area contributed by atoms with E-state index in [1.165, 1.54) is 16.0 Å². The van der Waals surface area contributed by atoms with Gasteiger partial charge < -0.3 is 5.32 Å². The van der Waals surface area contributed by atoms with Gasteiger partial charge >= 0.3 is 0 Å². The summed E-state index contributed by atoms with van der Waals surface area (Å²) in [6.07, 6.45) is 0. The molecule has 0 aliphatic carbocycles. The fraction of sp³-hybridized carbons (Fsp3) is 0.294. The summed E-state index contributed by atoms with van der Waals surface area (Å²) in [4.78, 5) is 1.33. The van der Waals surface area contributed by atoms with Crippen LogP contribution < -0.4 is 5.32 Å². The third-order valence-electron chi connectivity index (χ3n) is 3.08. The molecule has 0 aliphatic rings. The maximum absolute atomic E-state index is 3.34. The van der Waals surface area contributed by atoms with Gasteiger partial charge in [-0.2, -0.15) is 0 Å². The Bertz CT molecular complexity index is 478. The molecule has 2 aromatic rings. The fourth-order valence-corrected chi connectivity index (χ4v) is 2.95. The quantitative estimate of drug-likeness (QED) is 0.768. The van der Waals surface area contributed by atoms with Gasteiger partial charge in [-0.25, -0.2) is 0 Å². The van der Waals surface area contributed by atoms with Gasteiger partial charge in [-0.15, -0.1) is 11.8 Å². The Balaban J connectivity index is 1.96. The van der Waals surface area contributed by atoms with E-state index in [2.05, 4.69) is 73.8 Å². The zero-order valence-electron chi connectivity index (χ0n) is 11.6. The number of hydrogen-bond acceptors (Lipinski definition) is 2. The first-order valence-electron chi connectivity index (χ1n) is 6.81. The van der Waals surface area contributed by atoms with Crippen molar-refractivity contribution in [1.82, 2.24) is 5.32 Å². The Morgan fingerprint density at radius 3 is 2.32 bits per heavy atom. The number of hydrogen-bond donors (Lipinski definition) is 1. The average molecular weight is 271 g/mol. The van der Waals surface area contributed by atoms with Crippen molar-refractivity contribution in [3.8, 4) is 0 Å². The lowest BCUT2D eigenvalue weighted by Crippen LogP contribution is -2.11. The van der Waals surface area contributed by atoms with Gasteiger partial charge in [-0.05, 0) is 36.7 Å². The van der Waals surface area contributed by atoms with Crippen molar-refractivity contribution in [3.63, 3.8) is 0 Å². The van der Waals surface area contributed by atoms with Crippen LogP contribution in [0.3, 0.4) is 0 Å². The van der Waals surface area contributed by atoms with E-state index < -0.39 is 0 Å². The van der Waals surface area contributed by atoms with E-state index in [-0.39, 0.29) is 0 Å². The van der Waals surface area contributed by atoms with Gasteiger partial charge in [0.25, 0.3) is 0 Å². The highest BCUT2D eigenvalue weighted by Crippen LogP contribution is 2.34. The highest BCUT2D eigenvalue weighted by Gasteiger charge is 2.06. The molecule has 0 radical (unpaired) electrons. The van der Waals surface area contributed by atoms with Gasteiger partial charge in [0, 0.05) is 16.7 Å². The summed E-state index contributed by atoms with van der Waals surface area (Å²) in [7, 11) is 0. The van der Waals surface area contributed by atoms with E-state index in [1.807, 2.05) is 11.8 Å². The summed E-state index contributed by atoms with van der Waals surface area (Å²) in [5.74, 6) is 0. The minimum absolute atomic E-state index is 0.487. The number of benzene rings is 2. The normalized spacial score (nSPS) is 12.3. The van der Waals surface area contributed by atoms with E-state index in [0.717, 1.165) is 13.1 Å². The van der Waals surface area contributed by atoms with Gasteiger partial charge in [0.2, 0.25) is 0 Å². The molecule has 1 atom stereocenters. The fourth-order valence-electron chi connectivity index (χ4n) is 1.95. The average Bonchev–Trinajstić information content (AvgIpc) is 2.47. The molecule has 2 rings (SSSR count). The van der Waals surface area contributed by atoms with Crippen LogP contribution in [0.1, 0.15) is 30.2 Å². The monoisotopic (exact) mass is 271 g/mol. The van der Waals surface area contributed by atoms with Crippen LogP contribution in [0.5, 0.6) is 0 Å². The second kappa shape index (κ2) is 7.37. The molecule has 100 valence electrons. The smallest absolute Gasteiger partial charge is 0.0316 e. The minimum Gasteiger partial charge on any atom is -0.313 e. The number of nitrogens with one attached hydrogen (secondary N) is 1. The Labute approximate surface area is 120 Å². The minimum atomic E-state index is 0.487. The van der Waals surface area contributed by atoms with Crippen molar-refractivity contribution in [1.29, 1.82) is 0 Å². The lowest BCUT2D eigenvalue weighted by Gasteiger charge is -2.12. The van der Waals surface area contributed by atoms with Crippen LogP contribution in [0, 0.1) is 0 Å². The first-order valence-corrected chi connectivity index (χ1v) is 7.69. The van der Waals surface area contributed by atoms with E-state index >= 15 is 0 Å². The zero-order valence-corrected chi connectivity index (χ0v) is 12.4. The summed E-state index contributed by atoms with van der Waals surface area (Å²) in [5.41, 5.74) is 2.72. The van der Waals surface area contributed by atoms with E-state index in [9.17, 15) is 0 Å². The highest BCUT2D eigenvalue weighted by atomic mass is 32.2. The van der Waals surface area contributed by atoms with Crippen LogP contribution in [0.4, 0.5) is 0 Å². The van der Waals surface area contributed by atoms with Gasteiger partial charge in [0.05, 0.1) is 0 Å². The van der Waals surface area contributed by atoms with E-state index in [1.54, 1.807) is 0 Å². The van der Waals surface area contributed by atoms with Crippen molar-refractivity contribution in [2.24, 2.45) is 0 Å². The SMILES string of the molecule is CCNCc1ccc(SC(C)c2ccccc2)cc1. The molecule has 0 spiro atoms. The van der Waals surface area contributed by atoms with Crippen molar-refractivity contribution < 1.29 is 0 Å². The van der Waals surface area contributed by atoms with Crippen molar-refractivity contribution in [2.45, 2.75) is 30.5 Å². The zero-order chi connectivity index (χ0) is 13.5. The first-order chi connectivity index (χ1) is 9.29. The van der Waals surface area contributed by atoms with Crippen molar-refractivity contribution in [3.05, 3.63) is 65.7 Å². The van der Waals surface area contributed by atoms with Crippen LogP contribution in [-0.4, -0.2) is 6.54 Å². The maximum atomic E-state index is 3.34. The van der Waals surface area contributed by atoms with Crippen LogP contribution in [0.25, 0.3) is 0 Å². The highest BCUT2D eigenvalue weighted by molar-refractivity contribution is 7.99. The predicted molar refractivity (Wildman–Crippen MR) is 84.5 cm³/mol. The molecule has 19 heavy (non-hydrogen) atoms. The molecule has 0 saturated carbocycles. The molecule has 0 saturated heterocycles. The summed E-state index contributed by atoms with van der Waals surface area (Å²) >= 11 is 1.91. The van der Waals surface area contributed by atoms with Crippen LogP contribution >= 0.6 is 11.8 Å². The summed E-state index contributed by atoms with van der Waals surface area (Å²) < 4.78 is 0. The molecule has 2 aromatic carbocycles. The molecule has 0 heterocycles. The van der Waals surface area contributed by atoms with Gasteiger partial charge in [-0.3, -0.25) is 0 Å². The predicted octanol–water partition coefficient (Wildman–Crippen LogP) is 4.65. The van der Waals surface area contributed by atoms with Gasteiger partial charge in [0.15, 0.2) is 0 Å². The van der Waals surface area contributed by atoms with Gasteiger partial charge in [0.1, 0.15) is 0 Å². The maximum Gasteiger partial charge on any atom is 0.0316 e. The molecule has 2 heteroatoms. The van der Waals surface area contributed by atoms with E-state index in [0.29, 0.717) is 5.25 Å². The molecule has 0 aromatic heterocycles. The molecule has 1 N–H and O–H groups in total. The van der Waals surface area contributed by atoms with Crippen molar-refractivity contribution >= 4 is 11.8 Å². The summed E-state index contributed by atoms with van der Waals surface area (Å²) in [6, 6.07) is 19.5. The lowest BCUT2D eigenvalue weighted by atomic mass is 10.2. The third-order valence-corrected chi connectivity index (χ3v) is 4.25. The third kappa shape index (κ3) is 4.41. The standard InChI is InChI=1S/C17H21NS/c1-3-18-13-15-9-11-17(12-10-15)19-14(2)16-7-5-4-6-8-16/h4-12,14,18H,3,13H2,1-2H3. The molecule has 1 nitrogen and oxygen atoms in total. The molecular weight excluding hydrogens is 250 g/mol. The Morgan fingerprint density at radius 1 is 1.00 bits per heavy atom. The van der Waals surface area contributed by atoms with Crippen LogP contribution in [0.15, 0.2) is 59.5 Å². The second-order valence-corrected chi connectivity index (χ2v) is 6.01. The second-order valence-electron chi connectivity index (χ2n) is 4.60. The number of thioether (sulfide) groups is 1. The first kappa shape index (κ1) is 14.2. The van der Waals surface area contributed by atoms with Crippen LogP contribution in [-0.2, 0) is 6.54 Å². The lowest BCUT2D eigenvalue weighted by molar-refractivity contribution is 0.726. The molecule has 1 unspecified atom stereocenters.